The number of rotatable bonds is 3. The maximum Gasteiger partial charge on any atom is 0.125 e. The van der Waals surface area contributed by atoms with E-state index in [2.05, 4.69) is 62.2 Å². The van der Waals surface area contributed by atoms with Crippen LogP contribution in [0, 0.1) is 0 Å². The van der Waals surface area contributed by atoms with Crippen LogP contribution in [0.1, 0.15) is 52.1 Å². The minimum absolute atomic E-state index is 0.168. The summed E-state index contributed by atoms with van der Waals surface area (Å²) < 4.78 is 6.13. The number of nitrogens with zero attached hydrogens (tertiary/aromatic N) is 1. The molecule has 0 saturated carbocycles. The summed E-state index contributed by atoms with van der Waals surface area (Å²) in [5.41, 5.74) is 1.15. The fraction of sp³-hybridized carbons (Fsp3) is 0.667. The van der Waals surface area contributed by atoms with Gasteiger partial charge in [-0.25, -0.2) is 0 Å². The van der Waals surface area contributed by atoms with E-state index in [-0.39, 0.29) is 5.60 Å². The summed E-state index contributed by atoms with van der Waals surface area (Å²) in [7, 11) is 0. The minimum atomic E-state index is -0.168. The van der Waals surface area contributed by atoms with Crippen LogP contribution < -0.4 is 10.1 Å². The molecule has 0 spiro atoms. The third-order valence-corrected chi connectivity index (χ3v) is 4.96. The molecule has 0 bridgehead atoms. The van der Waals surface area contributed by atoms with Gasteiger partial charge in [0.15, 0.2) is 0 Å². The van der Waals surface area contributed by atoms with Gasteiger partial charge in [0.2, 0.25) is 0 Å². The summed E-state index contributed by atoms with van der Waals surface area (Å²) in [6.07, 6.45) is 2.46. The van der Waals surface area contributed by atoms with Gasteiger partial charge in [-0.05, 0) is 59.7 Å². The number of benzene rings is 1. The number of fused-ring (bicyclic) bond motifs is 1. The van der Waals surface area contributed by atoms with Crippen molar-refractivity contribution in [3.8, 4) is 5.75 Å². The van der Waals surface area contributed by atoms with Crippen LogP contribution in [0.25, 0.3) is 0 Å². The number of para-hydroxylation sites is 1. The second-order valence-corrected chi connectivity index (χ2v) is 7.25. The predicted molar refractivity (Wildman–Crippen MR) is 86.8 cm³/mol. The van der Waals surface area contributed by atoms with E-state index in [4.69, 9.17) is 4.74 Å². The van der Waals surface area contributed by atoms with Crippen molar-refractivity contribution >= 4 is 0 Å². The highest BCUT2D eigenvalue weighted by Gasteiger charge is 2.42. The highest BCUT2D eigenvalue weighted by atomic mass is 16.5. The third kappa shape index (κ3) is 2.95. The van der Waals surface area contributed by atoms with Gasteiger partial charge in [-0.2, -0.15) is 0 Å². The molecule has 1 atom stereocenters. The molecule has 2 aliphatic heterocycles. The molecule has 1 aromatic carbocycles. The Hall–Kier alpha value is -1.06. The predicted octanol–water partition coefficient (Wildman–Crippen LogP) is 3.36. The molecule has 1 unspecified atom stereocenters. The first-order chi connectivity index (χ1) is 9.97. The first-order valence-corrected chi connectivity index (χ1v) is 8.25. The van der Waals surface area contributed by atoms with E-state index in [9.17, 15) is 0 Å². The van der Waals surface area contributed by atoms with E-state index in [0.717, 1.165) is 5.75 Å². The molecule has 0 radical (unpaired) electrons. The summed E-state index contributed by atoms with van der Waals surface area (Å²) >= 11 is 0. The van der Waals surface area contributed by atoms with Gasteiger partial charge < -0.3 is 15.0 Å². The average molecular weight is 288 g/mol. The molecular formula is C18H28N2O. The summed E-state index contributed by atoms with van der Waals surface area (Å²) in [6.45, 7) is 11.4. The van der Waals surface area contributed by atoms with Crippen molar-refractivity contribution in [2.75, 3.05) is 13.1 Å². The quantitative estimate of drug-likeness (QED) is 0.923. The molecule has 1 N–H and O–H groups in total. The topological polar surface area (TPSA) is 24.5 Å². The van der Waals surface area contributed by atoms with Crippen molar-refractivity contribution in [1.29, 1.82) is 0 Å². The first kappa shape index (κ1) is 14.9. The Balaban J connectivity index is 1.68. The Bertz CT molecular complexity index is 490. The van der Waals surface area contributed by atoms with Gasteiger partial charge in [-0.3, -0.25) is 0 Å². The van der Waals surface area contributed by atoms with Crippen molar-refractivity contribution in [3.63, 3.8) is 0 Å². The van der Waals surface area contributed by atoms with Crippen molar-refractivity contribution in [1.82, 2.24) is 10.2 Å². The highest BCUT2D eigenvalue weighted by Crippen LogP contribution is 2.43. The second kappa shape index (κ2) is 5.62. The monoisotopic (exact) mass is 288 g/mol. The van der Waals surface area contributed by atoms with Crippen molar-refractivity contribution in [2.45, 2.75) is 64.3 Å². The summed E-state index contributed by atoms with van der Waals surface area (Å²) in [5.74, 6) is 1.04. The number of hydrogen-bond donors (Lipinski definition) is 1. The molecular weight excluding hydrogens is 260 g/mol. The molecule has 0 amide bonds. The lowest BCUT2D eigenvalue weighted by atomic mass is 9.92. The van der Waals surface area contributed by atoms with Crippen molar-refractivity contribution in [3.05, 3.63) is 29.8 Å². The van der Waals surface area contributed by atoms with Crippen LogP contribution in [0.4, 0.5) is 0 Å². The molecule has 3 heteroatoms. The molecule has 2 heterocycles. The second-order valence-electron chi connectivity index (χ2n) is 7.25. The van der Waals surface area contributed by atoms with Crippen molar-refractivity contribution < 1.29 is 4.74 Å². The Labute approximate surface area is 128 Å². The molecule has 0 aromatic heterocycles. The zero-order valence-corrected chi connectivity index (χ0v) is 13.7. The van der Waals surface area contributed by atoms with E-state index in [1.807, 2.05) is 0 Å². The van der Waals surface area contributed by atoms with Gasteiger partial charge >= 0.3 is 0 Å². The van der Waals surface area contributed by atoms with Gasteiger partial charge in [0, 0.05) is 17.6 Å². The highest BCUT2D eigenvalue weighted by molar-refractivity contribution is 5.42. The lowest BCUT2D eigenvalue weighted by Crippen LogP contribution is -2.49. The lowest BCUT2D eigenvalue weighted by Gasteiger charge is -2.38. The zero-order valence-electron chi connectivity index (χ0n) is 13.7. The number of hydrogen-bond acceptors (Lipinski definition) is 3. The number of piperidine rings is 1. The van der Waals surface area contributed by atoms with Crippen LogP contribution in [-0.2, 0) is 0 Å². The Kier molecular flexibility index (Phi) is 3.98. The molecule has 2 aliphatic rings. The molecule has 0 aliphatic carbocycles. The minimum Gasteiger partial charge on any atom is -0.486 e. The summed E-state index contributed by atoms with van der Waals surface area (Å²) in [6, 6.07) is 10.0. The smallest absolute Gasteiger partial charge is 0.125 e. The fourth-order valence-corrected chi connectivity index (χ4v) is 3.64. The Morgan fingerprint density at radius 2 is 1.86 bits per heavy atom. The van der Waals surface area contributed by atoms with Crippen LogP contribution in [0.3, 0.4) is 0 Å². The average Bonchev–Trinajstić information content (AvgIpc) is 2.70. The Morgan fingerprint density at radius 3 is 2.52 bits per heavy atom. The largest absolute Gasteiger partial charge is 0.486 e. The van der Waals surface area contributed by atoms with Crippen LogP contribution in [0.5, 0.6) is 5.75 Å². The van der Waals surface area contributed by atoms with Gasteiger partial charge in [0.05, 0.1) is 6.04 Å². The molecule has 1 fully saturated rings. The van der Waals surface area contributed by atoms with Gasteiger partial charge in [-0.1, -0.05) is 18.2 Å². The normalized spacial score (nSPS) is 25.9. The molecule has 3 rings (SSSR count). The molecule has 21 heavy (non-hydrogen) atoms. The standard InChI is InChI=1S/C18H28N2O/c1-13(2)20-11-9-14(10-12-20)19-17-15-7-5-6-8-16(15)21-18(17,3)4/h5-8,13-14,17,19H,9-12H2,1-4H3. The van der Waals surface area contributed by atoms with E-state index >= 15 is 0 Å². The van der Waals surface area contributed by atoms with Crippen molar-refractivity contribution in [2.24, 2.45) is 0 Å². The molecule has 1 aromatic rings. The molecule has 116 valence electrons. The number of likely N-dealkylation sites (tertiary alicyclic amines) is 1. The third-order valence-electron chi connectivity index (χ3n) is 4.96. The lowest BCUT2D eigenvalue weighted by molar-refractivity contribution is 0.0798. The maximum atomic E-state index is 6.13. The first-order valence-electron chi connectivity index (χ1n) is 8.25. The number of ether oxygens (including phenoxy) is 1. The van der Waals surface area contributed by atoms with Crippen LogP contribution >= 0.6 is 0 Å². The zero-order chi connectivity index (χ0) is 15.0. The van der Waals surface area contributed by atoms with Gasteiger partial charge in [0.1, 0.15) is 11.4 Å². The fourth-order valence-electron chi connectivity index (χ4n) is 3.64. The summed E-state index contributed by atoms with van der Waals surface area (Å²) in [4.78, 5) is 2.57. The molecule has 1 saturated heterocycles. The SMILES string of the molecule is CC(C)N1CCC(NC2c3ccccc3OC2(C)C)CC1. The van der Waals surface area contributed by atoms with E-state index < -0.39 is 0 Å². The summed E-state index contributed by atoms with van der Waals surface area (Å²) in [5, 5.41) is 3.87. The van der Waals surface area contributed by atoms with E-state index in [1.54, 1.807) is 0 Å². The van der Waals surface area contributed by atoms with Gasteiger partial charge in [-0.15, -0.1) is 0 Å². The van der Waals surface area contributed by atoms with Crippen LogP contribution in [0.2, 0.25) is 0 Å². The Morgan fingerprint density at radius 1 is 1.19 bits per heavy atom. The van der Waals surface area contributed by atoms with Gasteiger partial charge in [0.25, 0.3) is 0 Å². The number of nitrogens with one attached hydrogen (secondary N) is 1. The van der Waals surface area contributed by atoms with E-state index in [0.29, 0.717) is 18.1 Å². The molecule has 3 nitrogen and oxygen atoms in total. The van der Waals surface area contributed by atoms with E-state index in [1.165, 1.54) is 31.5 Å². The van der Waals surface area contributed by atoms with Crippen LogP contribution in [0.15, 0.2) is 24.3 Å². The van der Waals surface area contributed by atoms with Crippen LogP contribution in [-0.4, -0.2) is 35.7 Å². The maximum absolute atomic E-state index is 6.13.